The fourth-order valence-corrected chi connectivity index (χ4v) is 3.20. The van der Waals surface area contributed by atoms with Crippen LogP contribution in [0.25, 0.3) is 17.2 Å². The molecule has 25 heavy (non-hydrogen) atoms. The van der Waals surface area contributed by atoms with Crippen molar-refractivity contribution in [2.45, 2.75) is 39.0 Å². The Morgan fingerprint density at radius 3 is 2.16 bits per heavy atom. The molecule has 132 valence electrons. The van der Waals surface area contributed by atoms with Gasteiger partial charge >= 0.3 is 0 Å². The number of benzene rings is 2. The molecule has 0 aromatic heterocycles. The van der Waals surface area contributed by atoms with Crippen LogP contribution in [0.2, 0.25) is 0 Å². The molecule has 0 nitrogen and oxygen atoms in total. The minimum atomic E-state index is -1.66. The van der Waals surface area contributed by atoms with Gasteiger partial charge in [0, 0.05) is 0 Å². The molecule has 0 spiro atoms. The fraction of sp³-hybridized carbons (Fsp3) is 0.300. The minimum Gasteiger partial charge on any atom is -0.206 e. The second kappa shape index (κ2) is 6.98. The van der Waals surface area contributed by atoms with Crippen molar-refractivity contribution >= 4 is 6.08 Å². The molecule has 2 aromatic carbocycles. The molecule has 0 amide bonds. The van der Waals surface area contributed by atoms with Crippen LogP contribution in [0.3, 0.4) is 0 Å². The molecule has 0 saturated heterocycles. The third kappa shape index (κ3) is 3.32. The summed E-state index contributed by atoms with van der Waals surface area (Å²) in [5.74, 6) is -6.38. The smallest absolute Gasteiger partial charge is 0.194 e. The van der Waals surface area contributed by atoms with E-state index in [1.54, 1.807) is 6.08 Å². The molecule has 0 N–H and O–H groups in total. The summed E-state index contributed by atoms with van der Waals surface area (Å²) in [6.45, 7) is 2.07. The van der Waals surface area contributed by atoms with E-state index in [4.69, 9.17) is 0 Å². The van der Waals surface area contributed by atoms with Crippen LogP contribution in [0.15, 0.2) is 23.8 Å². The number of hydrogen-bond donors (Lipinski definition) is 0. The summed E-state index contributed by atoms with van der Waals surface area (Å²) >= 11 is 0. The molecule has 1 aliphatic carbocycles. The van der Waals surface area contributed by atoms with Crippen LogP contribution in [0, 0.1) is 29.1 Å². The molecule has 0 saturated carbocycles. The summed E-state index contributed by atoms with van der Waals surface area (Å²) < 4.78 is 69.3. The molecular formula is C20H17F5. The topological polar surface area (TPSA) is 0 Å². The molecular weight excluding hydrogens is 335 g/mol. The summed E-state index contributed by atoms with van der Waals surface area (Å²) in [7, 11) is 0. The molecule has 0 fully saturated rings. The van der Waals surface area contributed by atoms with Crippen LogP contribution in [-0.4, -0.2) is 0 Å². The molecule has 0 heterocycles. The molecule has 0 atom stereocenters. The molecule has 5 heteroatoms. The van der Waals surface area contributed by atoms with Gasteiger partial charge in [0.05, 0.1) is 5.56 Å². The van der Waals surface area contributed by atoms with E-state index in [-0.39, 0.29) is 5.56 Å². The van der Waals surface area contributed by atoms with Gasteiger partial charge in [-0.15, -0.1) is 0 Å². The lowest BCUT2D eigenvalue weighted by Gasteiger charge is -2.19. The van der Waals surface area contributed by atoms with Gasteiger partial charge in [0.25, 0.3) is 0 Å². The maximum absolute atomic E-state index is 14.8. The van der Waals surface area contributed by atoms with Gasteiger partial charge in [0.15, 0.2) is 17.5 Å². The highest BCUT2D eigenvalue weighted by atomic mass is 19.2. The van der Waals surface area contributed by atoms with E-state index < -0.39 is 34.6 Å². The lowest BCUT2D eigenvalue weighted by molar-refractivity contribution is 0.447. The Bertz CT molecular complexity index is 829. The number of halogens is 5. The van der Waals surface area contributed by atoms with Crippen LogP contribution < -0.4 is 0 Å². The van der Waals surface area contributed by atoms with Crippen molar-refractivity contribution in [2.24, 2.45) is 0 Å². The van der Waals surface area contributed by atoms with E-state index in [2.05, 4.69) is 6.92 Å². The van der Waals surface area contributed by atoms with Gasteiger partial charge < -0.3 is 0 Å². The lowest BCUT2D eigenvalue weighted by atomic mass is 9.87. The Morgan fingerprint density at radius 2 is 1.52 bits per heavy atom. The molecule has 1 aliphatic rings. The largest absolute Gasteiger partial charge is 0.206 e. The van der Waals surface area contributed by atoms with Gasteiger partial charge in [-0.2, -0.15) is 0 Å². The molecule has 0 unspecified atom stereocenters. The van der Waals surface area contributed by atoms with E-state index in [0.717, 1.165) is 24.8 Å². The van der Waals surface area contributed by atoms with Crippen molar-refractivity contribution in [1.29, 1.82) is 0 Å². The van der Waals surface area contributed by atoms with Crippen molar-refractivity contribution in [2.75, 3.05) is 0 Å². The van der Waals surface area contributed by atoms with Gasteiger partial charge in [-0.05, 0) is 60.6 Å². The first-order valence-electron chi connectivity index (χ1n) is 8.27. The first-order chi connectivity index (χ1) is 11.9. The molecule has 2 aromatic rings. The zero-order valence-electron chi connectivity index (χ0n) is 13.7. The number of fused-ring (bicyclic) bond motifs is 1. The molecule has 0 radical (unpaired) electrons. The predicted octanol–water partition coefficient (Wildman–Crippen LogP) is 6.57. The van der Waals surface area contributed by atoms with Crippen LogP contribution in [-0.2, 0) is 6.42 Å². The first-order valence-corrected chi connectivity index (χ1v) is 8.27. The Hall–Kier alpha value is -2.17. The number of allylic oxidation sites excluding steroid dienone is 1. The third-order valence-electron chi connectivity index (χ3n) is 4.53. The molecule has 0 bridgehead atoms. The second-order valence-corrected chi connectivity index (χ2v) is 6.28. The Labute approximate surface area is 143 Å². The first kappa shape index (κ1) is 17.6. The molecule has 0 aliphatic heterocycles. The highest BCUT2D eigenvalue weighted by molar-refractivity contribution is 5.71. The third-order valence-corrected chi connectivity index (χ3v) is 4.53. The average molecular weight is 352 g/mol. The van der Waals surface area contributed by atoms with Gasteiger partial charge in [0.2, 0.25) is 0 Å². The van der Waals surface area contributed by atoms with Crippen molar-refractivity contribution in [1.82, 2.24) is 0 Å². The van der Waals surface area contributed by atoms with Gasteiger partial charge in [0.1, 0.15) is 11.6 Å². The quantitative estimate of drug-likeness (QED) is 0.431. The monoisotopic (exact) mass is 352 g/mol. The summed E-state index contributed by atoms with van der Waals surface area (Å²) in [5, 5.41) is 0. The summed E-state index contributed by atoms with van der Waals surface area (Å²) in [4.78, 5) is 0. The Kier molecular flexibility index (Phi) is 4.93. The van der Waals surface area contributed by atoms with Gasteiger partial charge in [-0.1, -0.05) is 25.0 Å². The van der Waals surface area contributed by atoms with Crippen molar-refractivity contribution < 1.29 is 22.0 Å². The zero-order chi connectivity index (χ0) is 18.1. The highest BCUT2D eigenvalue weighted by Gasteiger charge is 2.23. The normalized spacial score (nSPS) is 13.6. The number of rotatable bonds is 4. The Balaban J connectivity index is 2.09. The van der Waals surface area contributed by atoms with Crippen molar-refractivity contribution in [3.63, 3.8) is 0 Å². The van der Waals surface area contributed by atoms with Crippen LogP contribution in [0.5, 0.6) is 0 Å². The average Bonchev–Trinajstić information content (AvgIpc) is 2.57. The van der Waals surface area contributed by atoms with E-state index in [9.17, 15) is 22.0 Å². The maximum atomic E-state index is 14.8. The lowest BCUT2D eigenvalue weighted by Crippen LogP contribution is -2.06. The number of hydrogen-bond acceptors (Lipinski definition) is 0. The standard InChI is InChI=1S/C20H17F5/c1-2-3-4-11-5-6-14-12(7-11)8-15(21)18(19(14)24)13-9-16(22)20(25)17(23)10-13/h7-10H,2-6H2,1H3. The minimum absolute atomic E-state index is 0.321. The number of unbranched alkanes of at least 4 members (excludes halogenated alkanes) is 1. The van der Waals surface area contributed by atoms with Crippen molar-refractivity contribution in [3.05, 3.63) is 64.0 Å². The Morgan fingerprint density at radius 1 is 0.840 bits per heavy atom. The summed E-state index contributed by atoms with van der Waals surface area (Å²) in [5.41, 5.74) is 1.04. The highest BCUT2D eigenvalue weighted by Crippen LogP contribution is 2.36. The fourth-order valence-electron chi connectivity index (χ4n) is 3.20. The van der Waals surface area contributed by atoms with Gasteiger partial charge in [-0.25, -0.2) is 22.0 Å². The van der Waals surface area contributed by atoms with Gasteiger partial charge in [-0.3, -0.25) is 0 Å². The zero-order valence-corrected chi connectivity index (χ0v) is 13.7. The van der Waals surface area contributed by atoms with E-state index >= 15 is 0 Å². The SMILES string of the molecule is CCCCC1=Cc2cc(F)c(-c3cc(F)c(F)c(F)c3)c(F)c2CC1. The van der Waals surface area contributed by atoms with Crippen molar-refractivity contribution in [3.8, 4) is 11.1 Å². The van der Waals surface area contributed by atoms with E-state index in [0.29, 0.717) is 36.1 Å². The van der Waals surface area contributed by atoms with E-state index in [1.165, 1.54) is 6.07 Å². The second-order valence-electron chi connectivity index (χ2n) is 6.28. The molecule has 3 rings (SSSR count). The van der Waals surface area contributed by atoms with Crippen LogP contribution in [0.1, 0.15) is 43.7 Å². The summed E-state index contributed by atoms with van der Waals surface area (Å²) in [6, 6.07) is 2.40. The predicted molar refractivity (Wildman–Crippen MR) is 87.5 cm³/mol. The maximum Gasteiger partial charge on any atom is 0.194 e. The van der Waals surface area contributed by atoms with Crippen LogP contribution in [0.4, 0.5) is 22.0 Å². The summed E-state index contributed by atoms with van der Waals surface area (Å²) in [6.07, 6.45) is 5.79. The van der Waals surface area contributed by atoms with Crippen LogP contribution >= 0.6 is 0 Å². The van der Waals surface area contributed by atoms with E-state index in [1.807, 2.05) is 0 Å².